The van der Waals surface area contributed by atoms with E-state index in [9.17, 15) is 14.4 Å². The Kier molecular flexibility index (Phi) is 6.47. The van der Waals surface area contributed by atoms with Gasteiger partial charge in [-0.3, -0.25) is 14.4 Å². The van der Waals surface area contributed by atoms with Crippen molar-refractivity contribution in [1.82, 2.24) is 0 Å². The van der Waals surface area contributed by atoms with Gasteiger partial charge in [-0.2, -0.15) is 0 Å². The molecule has 1 fully saturated rings. The number of nitrogens with one attached hydrogen (secondary N) is 2. The third kappa shape index (κ3) is 5.53. The van der Waals surface area contributed by atoms with Crippen LogP contribution in [0.15, 0.2) is 42.5 Å². The Morgan fingerprint density at radius 3 is 1.79 bits per heavy atom. The molecule has 1 aliphatic carbocycles. The first kappa shape index (κ1) is 20.8. The van der Waals surface area contributed by atoms with Gasteiger partial charge in [0.1, 0.15) is 0 Å². The average molecular weight is 392 g/mol. The summed E-state index contributed by atoms with van der Waals surface area (Å²) in [6, 6.07) is 13.0. The first-order valence-corrected chi connectivity index (χ1v) is 10.1. The molecule has 152 valence electrons. The van der Waals surface area contributed by atoms with Crippen molar-refractivity contribution in [2.45, 2.75) is 46.5 Å². The fourth-order valence-electron chi connectivity index (χ4n) is 3.97. The fourth-order valence-corrected chi connectivity index (χ4v) is 3.97. The molecule has 0 bridgehead atoms. The van der Waals surface area contributed by atoms with Crippen molar-refractivity contribution in [3.05, 3.63) is 59.2 Å². The largest absolute Gasteiger partial charge is 0.326 e. The zero-order valence-corrected chi connectivity index (χ0v) is 17.2. The van der Waals surface area contributed by atoms with Crippen LogP contribution in [0.3, 0.4) is 0 Å². The van der Waals surface area contributed by atoms with Crippen molar-refractivity contribution in [2.75, 3.05) is 10.6 Å². The summed E-state index contributed by atoms with van der Waals surface area (Å²) in [6.07, 6.45) is 2.76. The molecule has 2 N–H and O–H groups in total. The maximum atomic E-state index is 12.6. The Balaban J connectivity index is 1.53. The molecule has 5 nitrogen and oxygen atoms in total. The van der Waals surface area contributed by atoms with Crippen LogP contribution in [0.4, 0.5) is 11.4 Å². The molecular weight excluding hydrogens is 364 g/mol. The van der Waals surface area contributed by atoms with Crippen LogP contribution < -0.4 is 10.6 Å². The molecule has 2 aromatic carbocycles. The molecule has 0 aromatic heterocycles. The number of hydrogen-bond acceptors (Lipinski definition) is 3. The number of carbonyl (C=O) groups excluding carboxylic acids is 3. The Morgan fingerprint density at radius 2 is 1.28 bits per heavy atom. The standard InChI is InChI=1S/C24H28N2O3/c1-15-11-16(2)13-22(12-15)26-24(29)19-9-7-18(8-10-19)23(28)25-21-6-4-5-20(14-21)17(3)27/h4-6,11-14,18-19H,7-10H2,1-3H3,(H,25,28)(H,26,29). The van der Waals surface area contributed by atoms with Gasteiger partial charge in [0.15, 0.2) is 5.78 Å². The molecule has 2 aromatic rings. The quantitative estimate of drug-likeness (QED) is 0.712. The van der Waals surface area contributed by atoms with Gasteiger partial charge in [-0.15, -0.1) is 0 Å². The molecule has 5 heteroatoms. The number of anilines is 2. The van der Waals surface area contributed by atoms with E-state index < -0.39 is 0 Å². The summed E-state index contributed by atoms with van der Waals surface area (Å²) in [6.45, 7) is 5.53. The monoisotopic (exact) mass is 392 g/mol. The highest BCUT2D eigenvalue weighted by atomic mass is 16.2. The Hall–Kier alpha value is -2.95. The molecule has 3 rings (SSSR count). The van der Waals surface area contributed by atoms with Gasteiger partial charge < -0.3 is 10.6 Å². The highest BCUT2D eigenvalue weighted by molar-refractivity contribution is 5.98. The van der Waals surface area contributed by atoms with E-state index in [1.807, 2.05) is 26.0 Å². The SMILES string of the molecule is CC(=O)c1cccc(NC(=O)C2CCC(C(=O)Nc3cc(C)cc(C)c3)CC2)c1. The van der Waals surface area contributed by atoms with Gasteiger partial charge in [-0.05, 0) is 81.8 Å². The molecule has 1 aliphatic rings. The van der Waals surface area contributed by atoms with Gasteiger partial charge in [0.25, 0.3) is 0 Å². The summed E-state index contributed by atoms with van der Waals surface area (Å²) in [7, 11) is 0. The number of aryl methyl sites for hydroxylation is 2. The number of hydrogen-bond donors (Lipinski definition) is 2. The smallest absolute Gasteiger partial charge is 0.227 e. The topological polar surface area (TPSA) is 75.3 Å². The minimum atomic E-state index is -0.110. The molecule has 0 spiro atoms. The lowest BCUT2D eigenvalue weighted by Gasteiger charge is -2.27. The number of benzene rings is 2. The minimum absolute atomic E-state index is 0.0306. The van der Waals surface area contributed by atoms with Crippen molar-refractivity contribution >= 4 is 29.0 Å². The molecule has 0 radical (unpaired) electrons. The third-order valence-electron chi connectivity index (χ3n) is 5.49. The Labute approximate surface area is 171 Å². The summed E-state index contributed by atoms with van der Waals surface area (Å²) in [5, 5.41) is 5.93. The second kappa shape index (κ2) is 9.03. The highest BCUT2D eigenvalue weighted by Gasteiger charge is 2.30. The van der Waals surface area contributed by atoms with Crippen LogP contribution in [0.5, 0.6) is 0 Å². The van der Waals surface area contributed by atoms with Crippen molar-refractivity contribution in [2.24, 2.45) is 11.8 Å². The molecule has 2 amide bonds. The maximum Gasteiger partial charge on any atom is 0.227 e. The Bertz CT molecular complexity index is 907. The van der Waals surface area contributed by atoms with Crippen molar-refractivity contribution in [1.29, 1.82) is 0 Å². The molecule has 1 saturated carbocycles. The van der Waals surface area contributed by atoms with E-state index in [0.29, 0.717) is 36.9 Å². The number of amides is 2. The molecular formula is C24H28N2O3. The molecule has 0 unspecified atom stereocenters. The van der Waals surface area contributed by atoms with Crippen LogP contribution in [-0.4, -0.2) is 17.6 Å². The van der Waals surface area contributed by atoms with E-state index in [-0.39, 0.29) is 29.4 Å². The minimum Gasteiger partial charge on any atom is -0.326 e. The Morgan fingerprint density at radius 1 is 0.759 bits per heavy atom. The second-order valence-corrected chi connectivity index (χ2v) is 8.04. The lowest BCUT2D eigenvalue weighted by Crippen LogP contribution is -2.32. The van der Waals surface area contributed by atoms with Crippen LogP contribution in [0, 0.1) is 25.7 Å². The van der Waals surface area contributed by atoms with Crippen molar-refractivity contribution < 1.29 is 14.4 Å². The van der Waals surface area contributed by atoms with Gasteiger partial charge in [0.2, 0.25) is 11.8 Å². The molecule has 0 saturated heterocycles. The molecule has 0 heterocycles. The highest BCUT2D eigenvalue weighted by Crippen LogP contribution is 2.31. The van der Waals surface area contributed by atoms with Gasteiger partial charge in [0.05, 0.1) is 0 Å². The molecule has 29 heavy (non-hydrogen) atoms. The van der Waals surface area contributed by atoms with Gasteiger partial charge in [-0.25, -0.2) is 0 Å². The van der Waals surface area contributed by atoms with Gasteiger partial charge in [-0.1, -0.05) is 18.2 Å². The lowest BCUT2D eigenvalue weighted by molar-refractivity contribution is -0.125. The maximum absolute atomic E-state index is 12.6. The number of carbonyl (C=O) groups is 3. The number of Topliss-reactive ketones (excluding diaryl/α,β-unsaturated/α-hetero) is 1. The van der Waals surface area contributed by atoms with Crippen molar-refractivity contribution in [3.63, 3.8) is 0 Å². The normalized spacial score (nSPS) is 18.7. The summed E-state index contributed by atoms with van der Waals surface area (Å²) < 4.78 is 0. The van der Waals surface area contributed by atoms with Crippen LogP contribution in [-0.2, 0) is 9.59 Å². The summed E-state index contributed by atoms with van der Waals surface area (Å²) in [4.78, 5) is 36.7. The summed E-state index contributed by atoms with van der Waals surface area (Å²) in [5.74, 6) is -0.222. The van der Waals surface area contributed by atoms with Crippen molar-refractivity contribution in [3.8, 4) is 0 Å². The van der Waals surface area contributed by atoms with E-state index in [4.69, 9.17) is 0 Å². The third-order valence-corrected chi connectivity index (χ3v) is 5.49. The first-order chi connectivity index (χ1) is 13.8. The second-order valence-electron chi connectivity index (χ2n) is 8.04. The van der Waals surface area contributed by atoms with Crippen LogP contribution in [0.25, 0.3) is 0 Å². The molecule has 0 aliphatic heterocycles. The van der Waals surface area contributed by atoms with E-state index >= 15 is 0 Å². The molecule has 0 atom stereocenters. The zero-order chi connectivity index (χ0) is 21.0. The lowest BCUT2D eigenvalue weighted by atomic mass is 9.81. The van der Waals surface area contributed by atoms with Crippen LogP contribution in [0.1, 0.15) is 54.1 Å². The van der Waals surface area contributed by atoms with E-state index in [0.717, 1.165) is 16.8 Å². The van der Waals surface area contributed by atoms with E-state index in [1.165, 1.54) is 6.92 Å². The summed E-state index contributed by atoms with van der Waals surface area (Å²) in [5.41, 5.74) is 4.29. The van der Waals surface area contributed by atoms with Gasteiger partial charge in [0, 0.05) is 28.8 Å². The zero-order valence-electron chi connectivity index (χ0n) is 17.2. The van der Waals surface area contributed by atoms with E-state index in [1.54, 1.807) is 24.3 Å². The van der Waals surface area contributed by atoms with E-state index in [2.05, 4.69) is 16.7 Å². The first-order valence-electron chi connectivity index (χ1n) is 10.1. The number of ketones is 1. The number of rotatable bonds is 5. The van der Waals surface area contributed by atoms with Crippen LogP contribution in [0.2, 0.25) is 0 Å². The predicted molar refractivity (Wildman–Crippen MR) is 115 cm³/mol. The fraction of sp³-hybridized carbons (Fsp3) is 0.375. The predicted octanol–water partition coefficient (Wildman–Crippen LogP) is 4.89. The average Bonchev–Trinajstić information content (AvgIpc) is 2.67. The summed E-state index contributed by atoms with van der Waals surface area (Å²) >= 11 is 0. The van der Waals surface area contributed by atoms with Crippen LogP contribution >= 0.6 is 0 Å². The van der Waals surface area contributed by atoms with Gasteiger partial charge >= 0.3 is 0 Å².